The number of hydrogen-bond donors (Lipinski definition) is 2. The van der Waals surface area contributed by atoms with Gasteiger partial charge in [-0.1, -0.05) is 35.9 Å². The van der Waals surface area contributed by atoms with Crippen LogP contribution in [0.4, 0.5) is 5.82 Å². The van der Waals surface area contributed by atoms with E-state index in [1.54, 1.807) is 6.20 Å². The number of fused-ring (bicyclic) bond motifs is 1. The van der Waals surface area contributed by atoms with Crippen LogP contribution in [0, 0.1) is 0 Å². The van der Waals surface area contributed by atoms with Crippen LogP contribution >= 0.6 is 24.0 Å². The quantitative estimate of drug-likeness (QED) is 0.323. The SMILES string of the molecule is Cl.Nc1ncccc1-c1nc2ccc(-c3ccc(Cl)cc3)nc2n1-c1ccc(CN2CCNCC2)cc1. The van der Waals surface area contributed by atoms with E-state index in [9.17, 15) is 0 Å². The van der Waals surface area contributed by atoms with Gasteiger partial charge in [0, 0.05) is 55.2 Å². The topological polar surface area (TPSA) is 84.9 Å². The van der Waals surface area contributed by atoms with Crippen molar-refractivity contribution in [3.63, 3.8) is 0 Å². The second-order valence-corrected chi connectivity index (χ2v) is 9.38. The van der Waals surface area contributed by atoms with Crippen LogP contribution < -0.4 is 11.1 Å². The van der Waals surface area contributed by atoms with E-state index < -0.39 is 0 Å². The van der Waals surface area contributed by atoms with Gasteiger partial charge in [-0.15, -0.1) is 12.4 Å². The summed E-state index contributed by atoms with van der Waals surface area (Å²) < 4.78 is 2.07. The second-order valence-electron chi connectivity index (χ2n) is 8.95. The number of pyridine rings is 2. The highest BCUT2D eigenvalue weighted by Gasteiger charge is 2.19. The van der Waals surface area contributed by atoms with Crippen molar-refractivity contribution in [2.45, 2.75) is 6.54 Å². The lowest BCUT2D eigenvalue weighted by molar-refractivity contribution is 0.233. The van der Waals surface area contributed by atoms with Crippen LogP contribution in [0.5, 0.6) is 0 Å². The molecule has 1 fully saturated rings. The number of anilines is 1. The van der Waals surface area contributed by atoms with Gasteiger partial charge in [0.1, 0.15) is 11.3 Å². The molecule has 0 atom stereocenters. The molecule has 0 unspecified atom stereocenters. The molecule has 0 radical (unpaired) electrons. The van der Waals surface area contributed by atoms with Crippen molar-refractivity contribution in [1.29, 1.82) is 0 Å². The number of halogens is 2. The molecule has 6 rings (SSSR count). The lowest BCUT2D eigenvalue weighted by Crippen LogP contribution is -2.42. The van der Waals surface area contributed by atoms with Crippen LogP contribution in [0.3, 0.4) is 0 Å². The molecule has 4 heterocycles. The summed E-state index contributed by atoms with van der Waals surface area (Å²) in [5, 5.41) is 4.10. The van der Waals surface area contributed by atoms with Crippen LogP contribution in [-0.4, -0.2) is 50.6 Å². The van der Waals surface area contributed by atoms with Gasteiger partial charge in [-0.25, -0.2) is 15.0 Å². The minimum absolute atomic E-state index is 0. The van der Waals surface area contributed by atoms with Gasteiger partial charge in [0.2, 0.25) is 0 Å². The molecule has 1 aliphatic heterocycles. The monoisotopic (exact) mass is 531 g/mol. The Labute approximate surface area is 226 Å². The van der Waals surface area contributed by atoms with Crippen LogP contribution in [0.2, 0.25) is 5.02 Å². The van der Waals surface area contributed by atoms with E-state index >= 15 is 0 Å². The smallest absolute Gasteiger partial charge is 0.165 e. The molecule has 0 spiro atoms. The van der Waals surface area contributed by atoms with E-state index in [1.165, 1.54) is 5.56 Å². The first kappa shape index (κ1) is 25.2. The average molecular weight is 532 g/mol. The first-order valence-electron chi connectivity index (χ1n) is 12.0. The molecule has 37 heavy (non-hydrogen) atoms. The number of hydrogen-bond acceptors (Lipinski definition) is 6. The normalized spacial score (nSPS) is 14.0. The Balaban J connectivity index is 0.00000280. The van der Waals surface area contributed by atoms with E-state index in [0.29, 0.717) is 16.7 Å². The third kappa shape index (κ3) is 5.17. The Morgan fingerprint density at radius 2 is 1.65 bits per heavy atom. The predicted octanol–water partition coefficient (Wildman–Crippen LogP) is 5.21. The Morgan fingerprint density at radius 1 is 0.892 bits per heavy atom. The molecule has 9 heteroatoms. The number of nitrogens with zero attached hydrogens (tertiary/aromatic N) is 5. The summed E-state index contributed by atoms with van der Waals surface area (Å²) in [5.41, 5.74) is 12.7. The number of aromatic nitrogens is 4. The lowest BCUT2D eigenvalue weighted by atomic mass is 10.1. The number of rotatable bonds is 5. The van der Waals surface area contributed by atoms with Gasteiger partial charge >= 0.3 is 0 Å². The minimum atomic E-state index is 0. The van der Waals surface area contributed by atoms with Crippen LogP contribution in [0.1, 0.15) is 5.56 Å². The molecule has 2 aromatic carbocycles. The van der Waals surface area contributed by atoms with Crippen LogP contribution in [-0.2, 0) is 6.54 Å². The molecular formula is C28H27Cl2N7. The second kappa shape index (κ2) is 10.9. The van der Waals surface area contributed by atoms with Gasteiger partial charge in [0.05, 0.1) is 11.3 Å². The minimum Gasteiger partial charge on any atom is -0.383 e. The Kier molecular flexibility index (Phi) is 7.39. The largest absolute Gasteiger partial charge is 0.383 e. The molecule has 0 amide bonds. The molecule has 7 nitrogen and oxygen atoms in total. The zero-order valence-corrected chi connectivity index (χ0v) is 21.7. The first-order valence-corrected chi connectivity index (χ1v) is 12.4. The van der Waals surface area contributed by atoms with Gasteiger partial charge < -0.3 is 11.1 Å². The van der Waals surface area contributed by atoms with Crippen molar-refractivity contribution in [3.05, 3.63) is 89.6 Å². The molecule has 3 N–H and O–H groups in total. The summed E-state index contributed by atoms with van der Waals surface area (Å²) in [6.07, 6.45) is 1.69. The fourth-order valence-corrected chi connectivity index (χ4v) is 4.77. The molecular weight excluding hydrogens is 505 g/mol. The van der Waals surface area contributed by atoms with Gasteiger partial charge in [0.25, 0.3) is 0 Å². The third-order valence-corrected chi connectivity index (χ3v) is 6.79. The van der Waals surface area contributed by atoms with Crippen molar-refractivity contribution in [2.24, 2.45) is 0 Å². The maximum Gasteiger partial charge on any atom is 0.165 e. The third-order valence-electron chi connectivity index (χ3n) is 6.53. The standard InChI is InChI=1S/C28H26ClN7.ClH/c29-21-7-5-20(6-8-21)24-11-12-25-28(33-24)36(27(34-25)23-2-1-13-32-26(23)30)22-9-3-19(4-10-22)18-35-16-14-31-15-17-35;/h1-13,31H,14-18H2,(H2,30,32);1H. The summed E-state index contributed by atoms with van der Waals surface area (Å²) in [7, 11) is 0. The fraction of sp³-hybridized carbons (Fsp3) is 0.179. The maximum absolute atomic E-state index is 6.28. The van der Waals surface area contributed by atoms with Crippen LogP contribution in [0.15, 0.2) is 79.0 Å². The molecule has 0 saturated carbocycles. The maximum atomic E-state index is 6.28. The number of nitrogen functional groups attached to an aromatic ring is 1. The predicted molar refractivity (Wildman–Crippen MR) is 152 cm³/mol. The lowest BCUT2D eigenvalue weighted by Gasteiger charge is -2.27. The summed E-state index contributed by atoms with van der Waals surface area (Å²) >= 11 is 6.10. The van der Waals surface area contributed by atoms with Crippen molar-refractivity contribution in [1.82, 2.24) is 29.7 Å². The number of piperazine rings is 1. The Morgan fingerprint density at radius 3 is 2.38 bits per heavy atom. The van der Waals surface area contributed by atoms with Crippen molar-refractivity contribution in [3.8, 4) is 28.3 Å². The number of nitrogens with two attached hydrogens (primary N) is 1. The highest BCUT2D eigenvalue weighted by molar-refractivity contribution is 6.30. The number of nitrogens with one attached hydrogen (secondary N) is 1. The van der Waals surface area contributed by atoms with Gasteiger partial charge in [-0.05, 0) is 54.1 Å². The van der Waals surface area contributed by atoms with E-state index in [4.69, 9.17) is 27.3 Å². The van der Waals surface area contributed by atoms with Gasteiger partial charge in [-0.3, -0.25) is 9.47 Å². The molecule has 0 bridgehead atoms. The highest BCUT2D eigenvalue weighted by Crippen LogP contribution is 2.32. The summed E-state index contributed by atoms with van der Waals surface area (Å²) in [4.78, 5) is 16.7. The Bertz CT molecular complexity index is 1510. The molecule has 1 aliphatic rings. The fourth-order valence-electron chi connectivity index (χ4n) is 4.65. The molecule has 188 valence electrons. The molecule has 0 aliphatic carbocycles. The van der Waals surface area contributed by atoms with Crippen molar-refractivity contribution in [2.75, 3.05) is 31.9 Å². The molecule has 5 aromatic rings. The van der Waals surface area contributed by atoms with Crippen molar-refractivity contribution >= 4 is 41.0 Å². The van der Waals surface area contributed by atoms with Crippen molar-refractivity contribution < 1.29 is 0 Å². The zero-order chi connectivity index (χ0) is 24.5. The van der Waals surface area contributed by atoms with E-state index in [-0.39, 0.29) is 12.4 Å². The van der Waals surface area contributed by atoms with E-state index in [1.807, 2.05) is 48.5 Å². The van der Waals surface area contributed by atoms with Gasteiger partial charge in [-0.2, -0.15) is 0 Å². The summed E-state index contributed by atoms with van der Waals surface area (Å²) in [6, 6.07) is 24.1. The molecule has 3 aromatic heterocycles. The van der Waals surface area contributed by atoms with E-state index in [0.717, 1.165) is 66.4 Å². The zero-order valence-electron chi connectivity index (χ0n) is 20.1. The number of benzene rings is 2. The highest BCUT2D eigenvalue weighted by atomic mass is 35.5. The molecule has 1 saturated heterocycles. The first-order chi connectivity index (χ1) is 17.7. The van der Waals surface area contributed by atoms with Crippen LogP contribution in [0.25, 0.3) is 39.5 Å². The summed E-state index contributed by atoms with van der Waals surface area (Å²) in [5.74, 6) is 1.15. The Hall–Kier alpha value is -3.49. The van der Waals surface area contributed by atoms with Gasteiger partial charge in [0.15, 0.2) is 11.5 Å². The summed E-state index contributed by atoms with van der Waals surface area (Å²) in [6.45, 7) is 5.15. The average Bonchev–Trinajstić information content (AvgIpc) is 3.29. The number of imidazole rings is 1. The van der Waals surface area contributed by atoms with E-state index in [2.05, 4.69) is 44.0 Å².